The second-order valence-electron chi connectivity index (χ2n) is 11.8. The lowest BCUT2D eigenvalue weighted by molar-refractivity contribution is 0.443. The van der Waals surface area contributed by atoms with Crippen molar-refractivity contribution in [3.05, 3.63) is 59.9 Å². The van der Waals surface area contributed by atoms with Gasteiger partial charge in [-0.1, -0.05) is 58.0 Å². The molecule has 0 saturated heterocycles. The van der Waals surface area contributed by atoms with Crippen LogP contribution < -0.4 is 10.6 Å². The summed E-state index contributed by atoms with van der Waals surface area (Å²) in [7, 11) is -7.93. The Morgan fingerprint density at radius 1 is 0.771 bits per heavy atom. The van der Waals surface area contributed by atoms with Gasteiger partial charge in [-0.2, -0.15) is 8.61 Å². The van der Waals surface area contributed by atoms with E-state index >= 15 is 0 Å². The van der Waals surface area contributed by atoms with E-state index in [0.29, 0.717) is 59.0 Å². The number of aromatic nitrogens is 6. The third kappa shape index (κ3) is 6.13. The van der Waals surface area contributed by atoms with E-state index in [4.69, 9.17) is 0 Å². The molecule has 0 radical (unpaired) electrons. The van der Waals surface area contributed by atoms with Crippen molar-refractivity contribution >= 4 is 43.2 Å². The van der Waals surface area contributed by atoms with Crippen LogP contribution >= 0.6 is 0 Å². The van der Waals surface area contributed by atoms with Crippen LogP contribution in [-0.2, 0) is 26.6 Å². The van der Waals surface area contributed by atoms with Gasteiger partial charge in [-0.05, 0) is 43.4 Å². The maximum absolute atomic E-state index is 14.2. The van der Waals surface area contributed by atoms with Crippen molar-refractivity contribution in [2.24, 2.45) is 5.92 Å². The molecule has 2 N–H and O–H groups in total. The van der Waals surface area contributed by atoms with E-state index in [9.17, 15) is 16.8 Å². The lowest BCUT2D eigenvalue weighted by Gasteiger charge is -2.22. The van der Waals surface area contributed by atoms with E-state index in [1.807, 2.05) is 30.3 Å². The fourth-order valence-electron chi connectivity index (χ4n) is 5.94. The van der Waals surface area contributed by atoms with Gasteiger partial charge in [-0.25, -0.2) is 16.8 Å². The molecule has 1 aliphatic carbocycles. The Morgan fingerprint density at radius 2 is 1.38 bits per heavy atom. The van der Waals surface area contributed by atoms with Gasteiger partial charge in [0, 0.05) is 62.3 Å². The van der Waals surface area contributed by atoms with Crippen LogP contribution in [0.4, 0.5) is 11.9 Å². The van der Waals surface area contributed by atoms with Gasteiger partial charge in [0.05, 0.1) is 4.90 Å². The Bertz CT molecular complexity index is 2150. The first-order valence-electron chi connectivity index (χ1n) is 16.3. The van der Waals surface area contributed by atoms with Crippen molar-refractivity contribution in [3.63, 3.8) is 0 Å². The molecule has 1 aromatic carbocycles. The second-order valence-corrected chi connectivity index (χ2v) is 15.7. The first kappa shape index (κ1) is 33.8. The minimum atomic E-state index is -3.99. The van der Waals surface area contributed by atoms with Crippen LogP contribution in [0.2, 0.25) is 0 Å². The Balaban J connectivity index is 1.63. The number of rotatable bonds is 15. The summed E-state index contributed by atoms with van der Waals surface area (Å²) in [4.78, 5) is 0.0785. The van der Waals surface area contributed by atoms with Crippen LogP contribution in [0.15, 0.2) is 58.5 Å². The van der Waals surface area contributed by atoms with Gasteiger partial charge in [0.15, 0.2) is 11.3 Å². The van der Waals surface area contributed by atoms with Crippen molar-refractivity contribution in [2.45, 2.75) is 63.8 Å². The molecule has 0 unspecified atom stereocenters. The SMILES string of the molecule is CCN(CC)S(=O)(=O)c1cc(-c2cc(S(=O)(=O)N(CC)CC)c(C)n3c(NCc4ccccc4)nnc23)c2nnc(NCC3CC3)n2c1. The topological polar surface area (TPSA) is 159 Å². The number of anilines is 2. The molecule has 1 aliphatic rings. The third-order valence-electron chi connectivity index (χ3n) is 8.85. The van der Waals surface area contributed by atoms with Crippen LogP contribution in [0.1, 0.15) is 51.8 Å². The maximum Gasteiger partial charge on any atom is 0.244 e. The summed E-state index contributed by atoms with van der Waals surface area (Å²) in [6.07, 6.45) is 3.77. The van der Waals surface area contributed by atoms with E-state index in [1.54, 1.807) is 49.5 Å². The number of sulfonamides is 2. The van der Waals surface area contributed by atoms with Crippen LogP contribution in [0.3, 0.4) is 0 Å². The Hall–Kier alpha value is -4.12. The number of nitrogens with one attached hydrogen (secondary N) is 2. The average molecular weight is 695 g/mol. The number of hydrogen-bond donors (Lipinski definition) is 2. The van der Waals surface area contributed by atoms with Gasteiger partial charge in [0.1, 0.15) is 4.90 Å². The predicted molar refractivity (Wildman–Crippen MR) is 185 cm³/mol. The van der Waals surface area contributed by atoms with Crippen LogP contribution in [0.5, 0.6) is 0 Å². The van der Waals surface area contributed by atoms with Gasteiger partial charge in [0.2, 0.25) is 31.9 Å². The molecule has 0 amide bonds. The summed E-state index contributed by atoms with van der Waals surface area (Å²) in [6, 6.07) is 12.9. The zero-order chi connectivity index (χ0) is 34.2. The molecule has 1 saturated carbocycles. The lowest BCUT2D eigenvalue weighted by atomic mass is 10.1. The molecule has 1 fully saturated rings. The van der Waals surface area contributed by atoms with Crippen LogP contribution in [0, 0.1) is 12.8 Å². The maximum atomic E-state index is 14.2. The molecule has 4 aromatic heterocycles. The van der Waals surface area contributed by atoms with Crippen molar-refractivity contribution in [2.75, 3.05) is 43.4 Å². The highest BCUT2D eigenvalue weighted by Gasteiger charge is 2.31. The molecule has 0 aliphatic heterocycles. The highest BCUT2D eigenvalue weighted by molar-refractivity contribution is 7.89. The Morgan fingerprint density at radius 3 is 2.02 bits per heavy atom. The zero-order valence-corrected chi connectivity index (χ0v) is 29.5. The van der Waals surface area contributed by atoms with Crippen molar-refractivity contribution < 1.29 is 16.8 Å². The molecule has 0 bridgehead atoms. The molecular formula is C32H42N10O4S2. The number of aryl methyl sites for hydroxylation is 1. The van der Waals surface area contributed by atoms with Crippen molar-refractivity contribution in [3.8, 4) is 11.1 Å². The standard InChI is InChI=1S/C32H42N10O4S2/c1-6-39(7-2)47(43,44)25-17-26(29-35-37-31(41(29)21-25)33-20-24-15-16-24)27-18-28(48(45,46)40(8-3)9-4)22(5)42-30(27)36-38-32(42)34-19-23-13-11-10-12-14-23/h10-14,17-18,21,24H,6-9,15-16,19-20H2,1-5H3,(H,33,37)(H,34,38). The van der Waals surface area contributed by atoms with E-state index in [2.05, 4.69) is 31.0 Å². The van der Waals surface area contributed by atoms with E-state index in [1.165, 1.54) is 20.9 Å². The van der Waals surface area contributed by atoms with Gasteiger partial charge in [0.25, 0.3) is 0 Å². The van der Waals surface area contributed by atoms with Gasteiger partial charge in [-0.15, -0.1) is 20.4 Å². The number of hydrogen-bond acceptors (Lipinski definition) is 10. The molecule has 0 atom stereocenters. The number of fused-ring (bicyclic) bond motifs is 2. The quantitative estimate of drug-likeness (QED) is 0.162. The first-order valence-corrected chi connectivity index (χ1v) is 19.2. The number of nitrogens with zero attached hydrogens (tertiary/aromatic N) is 8. The van der Waals surface area contributed by atoms with Crippen molar-refractivity contribution in [1.82, 2.24) is 37.8 Å². The summed E-state index contributed by atoms with van der Waals surface area (Å²) in [5.41, 5.74) is 2.83. The van der Waals surface area contributed by atoms with Gasteiger partial charge < -0.3 is 10.6 Å². The molecule has 5 aromatic rings. The van der Waals surface area contributed by atoms with E-state index in [-0.39, 0.29) is 36.0 Å². The largest absolute Gasteiger partial charge is 0.354 e. The summed E-state index contributed by atoms with van der Waals surface area (Å²) < 4.78 is 62.4. The summed E-state index contributed by atoms with van der Waals surface area (Å²) in [5, 5.41) is 24.5. The average Bonchev–Trinajstić information content (AvgIpc) is 3.66. The lowest BCUT2D eigenvalue weighted by Crippen LogP contribution is -2.31. The smallest absolute Gasteiger partial charge is 0.244 e. The zero-order valence-electron chi connectivity index (χ0n) is 27.9. The molecule has 256 valence electrons. The fourth-order valence-corrected chi connectivity index (χ4v) is 9.11. The monoisotopic (exact) mass is 694 g/mol. The minimum Gasteiger partial charge on any atom is -0.354 e. The van der Waals surface area contributed by atoms with Crippen molar-refractivity contribution in [1.29, 1.82) is 0 Å². The van der Waals surface area contributed by atoms with Crippen LogP contribution in [0.25, 0.3) is 22.4 Å². The number of benzene rings is 1. The third-order valence-corrected chi connectivity index (χ3v) is 13.0. The van der Waals surface area contributed by atoms with E-state index in [0.717, 1.165) is 18.4 Å². The first-order chi connectivity index (χ1) is 23.0. The number of pyridine rings is 2. The highest BCUT2D eigenvalue weighted by Crippen LogP contribution is 2.36. The molecule has 48 heavy (non-hydrogen) atoms. The molecule has 4 heterocycles. The molecular weight excluding hydrogens is 653 g/mol. The second kappa shape index (κ2) is 13.4. The molecule has 0 spiro atoms. The van der Waals surface area contributed by atoms with Gasteiger partial charge >= 0.3 is 0 Å². The van der Waals surface area contributed by atoms with Crippen LogP contribution in [-0.4, -0.2) is 87.4 Å². The highest BCUT2D eigenvalue weighted by atomic mass is 32.2. The fraction of sp³-hybridized carbons (Fsp3) is 0.438. The minimum absolute atomic E-state index is 0.0248. The molecule has 16 heteroatoms. The summed E-state index contributed by atoms with van der Waals surface area (Å²) in [5.74, 6) is 1.28. The molecule has 14 nitrogen and oxygen atoms in total. The Kier molecular flexibility index (Phi) is 9.44. The predicted octanol–water partition coefficient (Wildman–Crippen LogP) is 4.24. The normalized spacial score (nSPS) is 14.1. The summed E-state index contributed by atoms with van der Waals surface area (Å²) >= 11 is 0. The molecule has 6 rings (SSSR count). The van der Waals surface area contributed by atoms with Gasteiger partial charge in [-0.3, -0.25) is 8.80 Å². The Labute approximate surface area is 281 Å². The van der Waals surface area contributed by atoms with E-state index < -0.39 is 20.0 Å². The summed E-state index contributed by atoms with van der Waals surface area (Å²) in [6.45, 7) is 11.1.